The molecule has 1 N–H and O–H groups in total. The molecule has 1 aromatic carbocycles. The fourth-order valence-corrected chi connectivity index (χ4v) is 2.82. The molecule has 7 heteroatoms. The molecule has 2 aromatic rings. The van der Waals surface area contributed by atoms with Crippen LogP contribution in [0, 0.1) is 13.8 Å². The molecule has 1 amide bonds. The standard InChI is InChI=1S/C19H23ClN2O4/c1-5-25-19(24)17-12(2)16(13(3)21-17)18(23)22(4)10-11-26-15-9-7-6-8-14(15)20/h6-9,21H,5,10-11H2,1-4H3. The summed E-state index contributed by atoms with van der Waals surface area (Å²) in [6.07, 6.45) is 0. The molecule has 0 fully saturated rings. The van der Waals surface area contributed by atoms with Gasteiger partial charge in [-0.1, -0.05) is 23.7 Å². The Hall–Kier alpha value is -2.47. The summed E-state index contributed by atoms with van der Waals surface area (Å²) in [4.78, 5) is 29.2. The summed E-state index contributed by atoms with van der Waals surface area (Å²) in [5.74, 6) is -0.0694. The number of H-pyrrole nitrogens is 1. The largest absolute Gasteiger partial charge is 0.490 e. The smallest absolute Gasteiger partial charge is 0.355 e. The zero-order valence-electron chi connectivity index (χ0n) is 15.4. The molecule has 140 valence electrons. The highest BCUT2D eigenvalue weighted by Gasteiger charge is 2.24. The van der Waals surface area contributed by atoms with Crippen LogP contribution in [0.4, 0.5) is 0 Å². The summed E-state index contributed by atoms with van der Waals surface area (Å²) in [5, 5.41) is 0.526. The molecule has 0 saturated heterocycles. The first-order chi connectivity index (χ1) is 12.4. The van der Waals surface area contributed by atoms with Gasteiger partial charge in [0.25, 0.3) is 5.91 Å². The van der Waals surface area contributed by atoms with E-state index in [2.05, 4.69) is 4.98 Å². The van der Waals surface area contributed by atoms with Crippen LogP contribution in [0.25, 0.3) is 0 Å². The average molecular weight is 379 g/mol. The Kier molecular flexibility index (Phi) is 6.69. The lowest BCUT2D eigenvalue weighted by Crippen LogP contribution is -2.31. The number of amides is 1. The molecule has 0 aliphatic carbocycles. The number of hydrogen-bond donors (Lipinski definition) is 1. The minimum absolute atomic E-state index is 0.186. The zero-order chi connectivity index (χ0) is 19.3. The predicted octanol–water partition coefficient (Wildman–Crippen LogP) is 3.61. The number of carbonyl (C=O) groups is 2. The Morgan fingerprint density at radius 2 is 1.92 bits per heavy atom. The third kappa shape index (κ3) is 4.38. The van der Waals surface area contributed by atoms with Crippen LogP contribution in [-0.2, 0) is 4.74 Å². The highest BCUT2D eigenvalue weighted by Crippen LogP contribution is 2.23. The van der Waals surface area contributed by atoms with Crippen molar-refractivity contribution in [3.63, 3.8) is 0 Å². The minimum Gasteiger partial charge on any atom is -0.490 e. The fourth-order valence-electron chi connectivity index (χ4n) is 2.62. The molecule has 0 radical (unpaired) electrons. The second-order valence-corrected chi connectivity index (χ2v) is 6.26. The first-order valence-corrected chi connectivity index (χ1v) is 8.73. The van der Waals surface area contributed by atoms with Crippen molar-refractivity contribution in [3.8, 4) is 5.75 Å². The lowest BCUT2D eigenvalue weighted by Gasteiger charge is -2.18. The van der Waals surface area contributed by atoms with E-state index >= 15 is 0 Å². The van der Waals surface area contributed by atoms with Crippen molar-refractivity contribution in [3.05, 3.63) is 51.8 Å². The number of para-hydroxylation sites is 1. The van der Waals surface area contributed by atoms with Gasteiger partial charge in [0.2, 0.25) is 0 Å². The van der Waals surface area contributed by atoms with Crippen molar-refractivity contribution in [2.45, 2.75) is 20.8 Å². The number of nitrogens with zero attached hydrogens (tertiary/aromatic N) is 1. The van der Waals surface area contributed by atoms with Crippen molar-refractivity contribution in [1.82, 2.24) is 9.88 Å². The number of benzene rings is 1. The van der Waals surface area contributed by atoms with E-state index in [0.717, 1.165) is 0 Å². The fraction of sp³-hybridized carbons (Fsp3) is 0.368. The molecule has 2 rings (SSSR count). The summed E-state index contributed by atoms with van der Waals surface area (Å²) in [7, 11) is 1.69. The van der Waals surface area contributed by atoms with Gasteiger partial charge < -0.3 is 19.4 Å². The van der Waals surface area contributed by atoms with Crippen molar-refractivity contribution >= 4 is 23.5 Å². The van der Waals surface area contributed by atoms with Crippen LogP contribution in [-0.4, -0.2) is 48.6 Å². The third-order valence-corrected chi connectivity index (χ3v) is 4.31. The van der Waals surface area contributed by atoms with Crippen molar-refractivity contribution in [2.24, 2.45) is 0 Å². The van der Waals surface area contributed by atoms with E-state index in [0.29, 0.717) is 46.4 Å². The first-order valence-electron chi connectivity index (χ1n) is 8.35. The highest BCUT2D eigenvalue weighted by atomic mass is 35.5. The molecule has 0 aliphatic heterocycles. The summed E-state index contributed by atoms with van der Waals surface area (Å²) in [6, 6.07) is 7.17. The molecule has 1 heterocycles. The molecule has 1 aromatic heterocycles. The van der Waals surface area contributed by atoms with Gasteiger partial charge in [0.05, 0.1) is 23.7 Å². The van der Waals surface area contributed by atoms with Crippen LogP contribution in [0.15, 0.2) is 24.3 Å². The first kappa shape index (κ1) is 19.8. The van der Waals surface area contributed by atoms with E-state index in [9.17, 15) is 9.59 Å². The number of aromatic amines is 1. The zero-order valence-corrected chi connectivity index (χ0v) is 16.1. The SMILES string of the molecule is CCOC(=O)c1[nH]c(C)c(C(=O)N(C)CCOc2ccccc2Cl)c1C. The lowest BCUT2D eigenvalue weighted by molar-refractivity contribution is 0.0519. The number of rotatable bonds is 7. The summed E-state index contributed by atoms with van der Waals surface area (Å²) in [6.45, 7) is 6.19. The van der Waals surface area contributed by atoms with Crippen LogP contribution in [0.3, 0.4) is 0 Å². The minimum atomic E-state index is -0.461. The molecular weight excluding hydrogens is 356 g/mol. The number of aryl methyl sites for hydroxylation is 1. The van der Waals surface area contributed by atoms with Crippen molar-refractivity contribution in [2.75, 3.05) is 26.8 Å². The Morgan fingerprint density at radius 3 is 2.58 bits per heavy atom. The van der Waals surface area contributed by atoms with E-state index in [1.54, 1.807) is 44.9 Å². The summed E-state index contributed by atoms with van der Waals surface area (Å²) < 4.78 is 10.6. The van der Waals surface area contributed by atoms with Gasteiger partial charge in [-0.3, -0.25) is 4.79 Å². The molecular formula is C19H23ClN2O4. The lowest BCUT2D eigenvalue weighted by atomic mass is 10.1. The van der Waals surface area contributed by atoms with E-state index in [1.165, 1.54) is 0 Å². The topological polar surface area (TPSA) is 71.6 Å². The van der Waals surface area contributed by atoms with Crippen LogP contribution < -0.4 is 4.74 Å². The maximum atomic E-state index is 12.8. The normalized spacial score (nSPS) is 10.5. The Labute approximate surface area is 158 Å². The Morgan fingerprint density at radius 1 is 1.23 bits per heavy atom. The molecule has 6 nitrogen and oxygen atoms in total. The van der Waals surface area contributed by atoms with Crippen LogP contribution in [0.2, 0.25) is 5.02 Å². The van der Waals surface area contributed by atoms with E-state index in [-0.39, 0.29) is 12.5 Å². The van der Waals surface area contributed by atoms with Crippen molar-refractivity contribution in [1.29, 1.82) is 0 Å². The van der Waals surface area contributed by atoms with E-state index < -0.39 is 5.97 Å². The number of hydrogen-bond acceptors (Lipinski definition) is 4. The number of carbonyl (C=O) groups excluding carboxylic acids is 2. The van der Waals surface area contributed by atoms with E-state index in [1.807, 2.05) is 12.1 Å². The molecule has 0 aliphatic rings. The van der Waals surface area contributed by atoms with Gasteiger partial charge in [0.15, 0.2) is 0 Å². The maximum Gasteiger partial charge on any atom is 0.355 e. The monoisotopic (exact) mass is 378 g/mol. The molecule has 0 unspecified atom stereocenters. The molecule has 0 saturated carbocycles. The average Bonchev–Trinajstić information content (AvgIpc) is 2.90. The Balaban J connectivity index is 2.04. The van der Waals surface area contributed by atoms with Gasteiger partial charge in [-0.15, -0.1) is 0 Å². The predicted molar refractivity (Wildman–Crippen MR) is 100 cm³/mol. The second-order valence-electron chi connectivity index (χ2n) is 5.85. The van der Waals surface area contributed by atoms with Gasteiger partial charge in [0.1, 0.15) is 18.1 Å². The van der Waals surface area contributed by atoms with E-state index in [4.69, 9.17) is 21.1 Å². The third-order valence-electron chi connectivity index (χ3n) is 4.00. The second kappa shape index (κ2) is 8.76. The van der Waals surface area contributed by atoms with Gasteiger partial charge in [-0.2, -0.15) is 0 Å². The number of aromatic nitrogens is 1. The molecule has 26 heavy (non-hydrogen) atoms. The number of ether oxygens (including phenoxy) is 2. The molecule has 0 spiro atoms. The van der Waals surface area contributed by atoms with Crippen LogP contribution >= 0.6 is 11.6 Å². The number of nitrogens with one attached hydrogen (secondary N) is 1. The summed E-state index contributed by atoms with van der Waals surface area (Å²) in [5.41, 5.74) is 2.01. The Bertz CT molecular complexity index is 801. The highest BCUT2D eigenvalue weighted by molar-refractivity contribution is 6.32. The number of esters is 1. The summed E-state index contributed by atoms with van der Waals surface area (Å²) >= 11 is 6.04. The molecule has 0 atom stereocenters. The number of halogens is 1. The van der Waals surface area contributed by atoms with Crippen LogP contribution in [0.1, 0.15) is 39.0 Å². The van der Waals surface area contributed by atoms with Gasteiger partial charge in [-0.05, 0) is 38.5 Å². The molecule has 0 bridgehead atoms. The number of likely N-dealkylation sites (N-methyl/N-ethyl adjacent to an activating group) is 1. The maximum absolute atomic E-state index is 12.8. The van der Waals surface area contributed by atoms with Crippen LogP contribution in [0.5, 0.6) is 5.75 Å². The van der Waals surface area contributed by atoms with Gasteiger partial charge in [0, 0.05) is 12.7 Å². The van der Waals surface area contributed by atoms with Gasteiger partial charge >= 0.3 is 5.97 Å². The van der Waals surface area contributed by atoms with Crippen molar-refractivity contribution < 1.29 is 19.1 Å². The van der Waals surface area contributed by atoms with Gasteiger partial charge in [-0.25, -0.2) is 4.79 Å². The quantitative estimate of drug-likeness (QED) is 0.747.